The number of carboxylic acids is 1. The topological polar surface area (TPSA) is 91.3 Å². The van der Waals surface area contributed by atoms with Gasteiger partial charge in [-0.2, -0.15) is 0 Å². The summed E-state index contributed by atoms with van der Waals surface area (Å²) in [5, 5.41) is 13.7. The van der Waals surface area contributed by atoms with Gasteiger partial charge in [-0.15, -0.1) is 0 Å². The van der Waals surface area contributed by atoms with E-state index in [-0.39, 0.29) is 11.5 Å². The van der Waals surface area contributed by atoms with Gasteiger partial charge < -0.3 is 15.7 Å². The normalized spacial score (nSPS) is 10.3. The number of aliphatic carboxylic acids is 1. The fourth-order valence-corrected chi connectivity index (χ4v) is 2.28. The number of nitrogens with one attached hydrogen (secondary N) is 2. The number of hydrogen-bond acceptors (Lipinski definition) is 4. The average molecular weight is 331 g/mol. The number of nitrogens with zero attached hydrogens (tertiary/aromatic N) is 1. The molecule has 0 unspecified atom stereocenters. The molecule has 0 aliphatic rings. The molecule has 0 radical (unpaired) electrons. The van der Waals surface area contributed by atoms with Crippen molar-refractivity contribution >= 4 is 17.6 Å². The maximum absolute atomic E-state index is 14.1. The van der Waals surface area contributed by atoms with Crippen LogP contribution in [-0.4, -0.2) is 35.6 Å². The molecule has 2 aromatic rings. The van der Waals surface area contributed by atoms with Gasteiger partial charge in [0, 0.05) is 19.7 Å². The van der Waals surface area contributed by atoms with Crippen LogP contribution >= 0.6 is 0 Å². The molecule has 7 heteroatoms. The minimum Gasteiger partial charge on any atom is -0.480 e. The first-order chi connectivity index (χ1) is 11.4. The molecule has 6 nitrogen and oxygen atoms in total. The maximum atomic E-state index is 14.1. The zero-order valence-corrected chi connectivity index (χ0v) is 13.4. The number of pyridine rings is 1. The van der Waals surface area contributed by atoms with E-state index in [1.807, 2.05) is 0 Å². The lowest BCUT2D eigenvalue weighted by Crippen LogP contribution is -2.30. The summed E-state index contributed by atoms with van der Waals surface area (Å²) in [6, 6.07) is 6.89. The molecule has 0 saturated heterocycles. The molecular formula is C17H18FN3O3. The molecular weight excluding hydrogens is 313 g/mol. The van der Waals surface area contributed by atoms with Gasteiger partial charge in [-0.3, -0.25) is 9.59 Å². The van der Waals surface area contributed by atoms with Crippen molar-refractivity contribution in [1.29, 1.82) is 0 Å². The first kappa shape index (κ1) is 17.4. The van der Waals surface area contributed by atoms with Crippen molar-refractivity contribution in [2.45, 2.75) is 13.3 Å². The second-order valence-corrected chi connectivity index (χ2v) is 5.29. The van der Waals surface area contributed by atoms with E-state index >= 15 is 0 Å². The molecule has 126 valence electrons. The van der Waals surface area contributed by atoms with Crippen molar-refractivity contribution < 1.29 is 19.1 Å². The second-order valence-electron chi connectivity index (χ2n) is 5.29. The third kappa shape index (κ3) is 4.07. The van der Waals surface area contributed by atoms with Crippen molar-refractivity contribution in [3.63, 3.8) is 0 Å². The number of aryl methyl sites for hydroxylation is 1. The maximum Gasteiger partial charge on any atom is 0.322 e. The summed E-state index contributed by atoms with van der Waals surface area (Å²) in [5.74, 6) is -1.98. The van der Waals surface area contributed by atoms with Crippen LogP contribution in [0.5, 0.6) is 0 Å². The van der Waals surface area contributed by atoms with Gasteiger partial charge in [-0.1, -0.05) is 18.2 Å². The van der Waals surface area contributed by atoms with Crippen LogP contribution in [0.2, 0.25) is 0 Å². The Labute approximate surface area is 138 Å². The van der Waals surface area contributed by atoms with E-state index in [2.05, 4.69) is 15.6 Å². The molecule has 1 amide bonds. The Morgan fingerprint density at radius 3 is 2.75 bits per heavy atom. The van der Waals surface area contributed by atoms with E-state index in [4.69, 9.17) is 5.11 Å². The van der Waals surface area contributed by atoms with Crippen LogP contribution in [0.15, 0.2) is 30.5 Å². The van der Waals surface area contributed by atoms with E-state index in [9.17, 15) is 14.0 Å². The summed E-state index contributed by atoms with van der Waals surface area (Å²) in [4.78, 5) is 26.6. The Bertz CT molecular complexity index is 778. The van der Waals surface area contributed by atoms with E-state index < -0.39 is 18.4 Å². The van der Waals surface area contributed by atoms with Crippen LogP contribution in [0, 0.1) is 12.7 Å². The summed E-state index contributed by atoms with van der Waals surface area (Å²) >= 11 is 0. The van der Waals surface area contributed by atoms with Crippen LogP contribution in [0.25, 0.3) is 0 Å². The molecule has 1 aromatic heterocycles. The molecule has 0 aliphatic heterocycles. The molecule has 2 rings (SSSR count). The van der Waals surface area contributed by atoms with Crippen LogP contribution in [0.3, 0.4) is 0 Å². The standard InChI is InChI=1S/C17H18FN3O3/c1-10-4-3-5-12(15(10)18)6-11-7-13(19-2)16(20-8-11)17(24)21-9-14(22)23/h3-5,7-8,19H,6,9H2,1-2H3,(H,21,24)(H,22,23). The molecule has 3 N–H and O–H groups in total. The van der Waals surface area contributed by atoms with Crippen LogP contribution < -0.4 is 10.6 Å². The predicted octanol–water partition coefficient (Wildman–Crippen LogP) is 1.98. The summed E-state index contributed by atoms with van der Waals surface area (Å²) < 4.78 is 14.1. The molecule has 1 aromatic carbocycles. The molecule has 0 bridgehead atoms. The molecule has 0 atom stereocenters. The highest BCUT2D eigenvalue weighted by Gasteiger charge is 2.15. The van der Waals surface area contributed by atoms with Crippen molar-refractivity contribution in [1.82, 2.24) is 10.3 Å². The first-order valence-electron chi connectivity index (χ1n) is 7.33. The fraction of sp³-hybridized carbons (Fsp3) is 0.235. The van der Waals surface area contributed by atoms with E-state index in [1.54, 1.807) is 38.2 Å². The molecule has 0 saturated carbocycles. The van der Waals surface area contributed by atoms with Crippen molar-refractivity contribution in [2.75, 3.05) is 18.9 Å². The highest BCUT2D eigenvalue weighted by molar-refractivity contribution is 5.98. The lowest BCUT2D eigenvalue weighted by Gasteiger charge is -2.11. The fourth-order valence-electron chi connectivity index (χ4n) is 2.28. The Morgan fingerprint density at radius 1 is 1.33 bits per heavy atom. The smallest absolute Gasteiger partial charge is 0.322 e. The zero-order chi connectivity index (χ0) is 17.7. The third-order valence-corrected chi connectivity index (χ3v) is 3.50. The lowest BCUT2D eigenvalue weighted by atomic mass is 10.0. The average Bonchev–Trinajstić information content (AvgIpc) is 2.56. The largest absolute Gasteiger partial charge is 0.480 e. The highest BCUT2D eigenvalue weighted by Crippen LogP contribution is 2.20. The monoisotopic (exact) mass is 331 g/mol. The van der Waals surface area contributed by atoms with Gasteiger partial charge in [-0.05, 0) is 29.7 Å². The molecule has 0 fully saturated rings. The van der Waals surface area contributed by atoms with Gasteiger partial charge in [0.2, 0.25) is 0 Å². The van der Waals surface area contributed by atoms with E-state index in [1.165, 1.54) is 6.20 Å². The van der Waals surface area contributed by atoms with Crippen LogP contribution in [0.4, 0.5) is 10.1 Å². The quantitative estimate of drug-likeness (QED) is 0.753. The zero-order valence-electron chi connectivity index (χ0n) is 13.4. The SMILES string of the molecule is CNc1cc(Cc2cccc(C)c2F)cnc1C(=O)NCC(=O)O. The number of carbonyl (C=O) groups is 2. The van der Waals surface area contributed by atoms with E-state index in [0.717, 1.165) is 5.56 Å². The van der Waals surface area contributed by atoms with E-state index in [0.29, 0.717) is 23.2 Å². The number of benzene rings is 1. The number of halogens is 1. The van der Waals surface area contributed by atoms with Gasteiger partial charge in [0.15, 0.2) is 5.69 Å². The van der Waals surface area contributed by atoms with Crippen molar-refractivity contribution in [3.8, 4) is 0 Å². The molecule has 0 spiro atoms. The number of rotatable bonds is 6. The Hall–Kier alpha value is -2.96. The minimum atomic E-state index is -1.14. The number of aromatic nitrogens is 1. The molecule has 1 heterocycles. The number of carbonyl (C=O) groups excluding carboxylic acids is 1. The van der Waals surface area contributed by atoms with Gasteiger partial charge in [0.25, 0.3) is 5.91 Å². The van der Waals surface area contributed by atoms with Gasteiger partial charge in [-0.25, -0.2) is 9.37 Å². The summed E-state index contributed by atoms with van der Waals surface area (Å²) in [6.45, 7) is 1.21. The Kier molecular flexibility index (Phi) is 5.47. The minimum absolute atomic E-state index is 0.0900. The first-order valence-corrected chi connectivity index (χ1v) is 7.33. The second kappa shape index (κ2) is 7.54. The lowest BCUT2D eigenvalue weighted by molar-refractivity contribution is -0.135. The number of amides is 1. The van der Waals surface area contributed by atoms with Gasteiger partial charge in [0.1, 0.15) is 12.4 Å². The highest BCUT2D eigenvalue weighted by atomic mass is 19.1. The van der Waals surface area contributed by atoms with Crippen LogP contribution in [-0.2, 0) is 11.2 Å². The molecule has 0 aliphatic carbocycles. The molecule has 24 heavy (non-hydrogen) atoms. The van der Waals surface area contributed by atoms with Gasteiger partial charge >= 0.3 is 5.97 Å². The van der Waals surface area contributed by atoms with Crippen LogP contribution in [0.1, 0.15) is 27.2 Å². The number of carboxylic acid groups (broad SMARTS) is 1. The van der Waals surface area contributed by atoms with Gasteiger partial charge in [0.05, 0.1) is 5.69 Å². The Morgan fingerprint density at radius 2 is 2.08 bits per heavy atom. The summed E-state index contributed by atoms with van der Waals surface area (Å²) in [7, 11) is 1.63. The Balaban J connectivity index is 2.23. The summed E-state index contributed by atoms with van der Waals surface area (Å²) in [6.07, 6.45) is 1.82. The number of hydrogen-bond donors (Lipinski definition) is 3. The predicted molar refractivity (Wildman–Crippen MR) is 87.7 cm³/mol. The third-order valence-electron chi connectivity index (χ3n) is 3.50. The van der Waals surface area contributed by atoms with Crippen molar-refractivity contribution in [2.24, 2.45) is 0 Å². The van der Waals surface area contributed by atoms with Crippen molar-refractivity contribution in [3.05, 3.63) is 58.7 Å². The summed E-state index contributed by atoms with van der Waals surface area (Å²) in [5.41, 5.74) is 2.38. The number of anilines is 1.